The predicted octanol–water partition coefficient (Wildman–Crippen LogP) is 3.34. The molecule has 0 radical (unpaired) electrons. The Balaban J connectivity index is 1.63. The molecule has 6 heteroatoms. The number of pyridine rings is 1. The Hall–Kier alpha value is -2.76. The van der Waals surface area contributed by atoms with Crippen LogP contribution in [0.3, 0.4) is 0 Å². The van der Waals surface area contributed by atoms with Gasteiger partial charge in [0.1, 0.15) is 17.3 Å². The van der Waals surface area contributed by atoms with Crippen molar-refractivity contribution in [1.29, 1.82) is 0 Å². The summed E-state index contributed by atoms with van der Waals surface area (Å²) in [4.78, 5) is 16.9. The average molecular weight is 327 g/mol. The van der Waals surface area contributed by atoms with Gasteiger partial charge in [0.05, 0.1) is 16.8 Å². The molecule has 1 fully saturated rings. The van der Waals surface area contributed by atoms with Crippen LogP contribution in [0.5, 0.6) is 0 Å². The second-order valence-electron chi connectivity index (χ2n) is 6.23. The van der Waals surface area contributed by atoms with E-state index in [0.717, 1.165) is 29.5 Å². The number of nitrogens with zero attached hydrogens (tertiary/aromatic N) is 2. The van der Waals surface area contributed by atoms with Gasteiger partial charge in [-0.1, -0.05) is 0 Å². The molecular weight excluding hydrogens is 312 g/mol. The maximum absolute atomic E-state index is 14.0. The summed E-state index contributed by atoms with van der Waals surface area (Å²) in [7, 11) is 0. The summed E-state index contributed by atoms with van der Waals surface area (Å²) in [6.45, 7) is 1.87. The molecule has 1 amide bonds. The van der Waals surface area contributed by atoms with Crippen molar-refractivity contribution < 1.29 is 13.6 Å². The van der Waals surface area contributed by atoms with E-state index in [0.29, 0.717) is 18.4 Å². The van der Waals surface area contributed by atoms with E-state index >= 15 is 0 Å². The van der Waals surface area contributed by atoms with Gasteiger partial charge in [0.15, 0.2) is 0 Å². The standard InChI is InChI=1S/C18H15F2N3O/c1-11-9-23-10-12(2-5-16(23)21-11)17(24)22-18(6-7-18)14-8-13(19)3-4-15(14)20/h2-5,8-10H,6-7H2,1H3,(H,22,24). The normalized spacial score (nSPS) is 15.5. The Morgan fingerprint density at radius 3 is 2.75 bits per heavy atom. The highest BCUT2D eigenvalue weighted by Crippen LogP contribution is 2.46. The summed E-state index contributed by atoms with van der Waals surface area (Å²) in [5.41, 5.74) is 1.44. The zero-order valence-electron chi connectivity index (χ0n) is 13.0. The van der Waals surface area contributed by atoms with E-state index in [-0.39, 0.29) is 11.5 Å². The fraction of sp³-hybridized carbons (Fsp3) is 0.222. The molecule has 2 heterocycles. The minimum Gasteiger partial charge on any atom is -0.342 e. The maximum atomic E-state index is 14.0. The highest BCUT2D eigenvalue weighted by molar-refractivity contribution is 5.95. The first kappa shape index (κ1) is 14.8. The number of fused-ring (bicyclic) bond motifs is 1. The van der Waals surface area contributed by atoms with Crippen LogP contribution in [0.1, 0.15) is 34.5 Å². The topological polar surface area (TPSA) is 46.4 Å². The number of aryl methyl sites for hydroxylation is 1. The quantitative estimate of drug-likeness (QED) is 0.802. The van der Waals surface area contributed by atoms with E-state index in [4.69, 9.17) is 0 Å². The van der Waals surface area contributed by atoms with Crippen LogP contribution >= 0.6 is 0 Å². The molecule has 1 N–H and O–H groups in total. The lowest BCUT2D eigenvalue weighted by Gasteiger charge is -2.19. The SMILES string of the molecule is Cc1cn2cc(C(=O)NC3(c4cc(F)ccc4F)CC3)ccc2n1. The molecular formula is C18H15F2N3O. The number of halogens is 2. The fourth-order valence-electron chi connectivity index (χ4n) is 2.99. The molecule has 1 aliphatic rings. The van der Waals surface area contributed by atoms with Gasteiger partial charge < -0.3 is 9.72 Å². The number of imidazole rings is 1. The molecule has 4 nitrogen and oxygen atoms in total. The maximum Gasteiger partial charge on any atom is 0.253 e. The Labute approximate surface area is 137 Å². The number of hydrogen-bond donors (Lipinski definition) is 1. The number of rotatable bonds is 3. The van der Waals surface area contributed by atoms with Gasteiger partial charge in [0.2, 0.25) is 0 Å². The van der Waals surface area contributed by atoms with Gasteiger partial charge in [-0.25, -0.2) is 13.8 Å². The van der Waals surface area contributed by atoms with Crippen molar-refractivity contribution in [3.63, 3.8) is 0 Å². The number of nitrogens with one attached hydrogen (secondary N) is 1. The Kier molecular flexibility index (Phi) is 3.16. The third-order valence-corrected chi connectivity index (χ3v) is 4.38. The molecule has 1 aromatic carbocycles. The van der Waals surface area contributed by atoms with Crippen LogP contribution in [0.25, 0.3) is 5.65 Å². The van der Waals surface area contributed by atoms with Gasteiger partial charge in [-0.05, 0) is 50.1 Å². The van der Waals surface area contributed by atoms with Gasteiger partial charge in [0.25, 0.3) is 5.91 Å². The zero-order chi connectivity index (χ0) is 16.9. The van der Waals surface area contributed by atoms with Crippen LogP contribution in [0.2, 0.25) is 0 Å². The number of amides is 1. The lowest BCUT2D eigenvalue weighted by atomic mass is 10.0. The van der Waals surface area contributed by atoms with E-state index in [9.17, 15) is 13.6 Å². The molecule has 4 rings (SSSR count). The largest absolute Gasteiger partial charge is 0.342 e. The van der Waals surface area contributed by atoms with E-state index in [2.05, 4.69) is 10.3 Å². The molecule has 0 aliphatic heterocycles. The highest BCUT2D eigenvalue weighted by atomic mass is 19.1. The minimum atomic E-state index is -0.816. The third-order valence-electron chi connectivity index (χ3n) is 4.38. The molecule has 0 bridgehead atoms. The van der Waals surface area contributed by atoms with Crippen molar-refractivity contribution in [2.45, 2.75) is 25.3 Å². The molecule has 3 aromatic rings. The monoisotopic (exact) mass is 327 g/mol. The summed E-state index contributed by atoms with van der Waals surface area (Å²) >= 11 is 0. The summed E-state index contributed by atoms with van der Waals surface area (Å²) in [5.74, 6) is -1.33. The lowest BCUT2D eigenvalue weighted by molar-refractivity contribution is 0.0929. The Bertz CT molecular complexity index is 960. The number of carbonyl (C=O) groups excluding carboxylic acids is 1. The van der Waals surface area contributed by atoms with Crippen LogP contribution in [0.15, 0.2) is 42.7 Å². The highest BCUT2D eigenvalue weighted by Gasteiger charge is 2.47. The summed E-state index contributed by atoms with van der Waals surface area (Å²) in [6, 6.07) is 6.76. The van der Waals surface area contributed by atoms with Crippen molar-refractivity contribution in [2.24, 2.45) is 0 Å². The van der Waals surface area contributed by atoms with Crippen molar-refractivity contribution >= 4 is 11.6 Å². The van der Waals surface area contributed by atoms with Gasteiger partial charge in [0, 0.05) is 18.0 Å². The Morgan fingerprint density at radius 2 is 2.00 bits per heavy atom. The van der Waals surface area contributed by atoms with Gasteiger partial charge in [-0.15, -0.1) is 0 Å². The van der Waals surface area contributed by atoms with E-state index in [1.54, 1.807) is 22.7 Å². The predicted molar refractivity (Wildman–Crippen MR) is 84.7 cm³/mol. The van der Waals surface area contributed by atoms with Crippen LogP contribution < -0.4 is 5.32 Å². The van der Waals surface area contributed by atoms with E-state index < -0.39 is 17.2 Å². The first-order chi connectivity index (χ1) is 11.5. The zero-order valence-corrected chi connectivity index (χ0v) is 13.0. The van der Waals surface area contributed by atoms with Crippen LogP contribution in [0.4, 0.5) is 8.78 Å². The van der Waals surface area contributed by atoms with E-state index in [1.165, 1.54) is 0 Å². The molecule has 0 spiro atoms. The Morgan fingerprint density at radius 1 is 1.21 bits per heavy atom. The second-order valence-corrected chi connectivity index (χ2v) is 6.23. The van der Waals surface area contributed by atoms with Gasteiger partial charge >= 0.3 is 0 Å². The van der Waals surface area contributed by atoms with Crippen molar-refractivity contribution in [1.82, 2.24) is 14.7 Å². The molecule has 24 heavy (non-hydrogen) atoms. The summed E-state index contributed by atoms with van der Waals surface area (Å²) in [5, 5.41) is 2.86. The molecule has 0 unspecified atom stereocenters. The third kappa shape index (κ3) is 2.44. The molecule has 0 atom stereocenters. The average Bonchev–Trinajstić information content (AvgIpc) is 3.21. The summed E-state index contributed by atoms with van der Waals surface area (Å²) in [6.07, 6.45) is 4.69. The number of benzene rings is 1. The smallest absolute Gasteiger partial charge is 0.253 e. The molecule has 1 aliphatic carbocycles. The molecule has 0 saturated heterocycles. The number of carbonyl (C=O) groups is 1. The van der Waals surface area contributed by atoms with Crippen LogP contribution in [-0.4, -0.2) is 15.3 Å². The van der Waals surface area contributed by atoms with Crippen LogP contribution in [-0.2, 0) is 5.54 Å². The minimum absolute atomic E-state index is 0.204. The van der Waals surface area contributed by atoms with Crippen molar-refractivity contribution in [3.05, 3.63) is 71.2 Å². The molecule has 1 saturated carbocycles. The van der Waals surface area contributed by atoms with Gasteiger partial charge in [-0.2, -0.15) is 0 Å². The first-order valence-electron chi connectivity index (χ1n) is 7.70. The first-order valence-corrected chi connectivity index (χ1v) is 7.70. The molecule has 2 aromatic heterocycles. The van der Waals surface area contributed by atoms with Crippen LogP contribution in [0, 0.1) is 18.6 Å². The van der Waals surface area contributed by atoms with E-state index in [1.807, 2.05) is 13.1 Å². The summed E-state index contributed by atoms with van der Waals surface area (Å²) < 4.78 is 29.3. The fourth-order valence-corrected chi connectivity index (χ4v) is 2.99. The lowest BCUT2D eigenvalue weighted by Crippen LogP contribution is -2.35. The second kappa shape index (κ2) is 5.12. The number of aromatic nitrogens is 2. The van der Waals surface area contributed by atoms with Gasteiger partial charge in [-0.3, -0.25) is 4.79 Å². The molecule has 122 valence electrons. The van der Waals surface area contributed by atoms with Crippen molar-refractivity contribution in [2.75, 3.05) is 0 Å². The number of hydrogen-bond acceptors (Lipinski definition) is 2. The van der Waals surface area contributed by atoms with Crippen molar-refractivity contribution in [3.8, 4) is 0 Å².